The maximum atomic E-state index is 17.8. The van der Waals surface area contributed by atoms with Crippen molar-refractivity contribution in [1.29, 1.82) is 0 Å². The molecule has 4 atom stereocenters. The average molecular weight is 750 g/mol. The van der Waals surface area contributed by atoms with E-state index in [1.54, 1.807) is 11.7 Å². The summed E-state index contributed by atoms with van der Waals surface area (Å²) in [4.78, 5) is 17.1. The molecular weight excluding hydrogens is 708 g/mol. The fourth-order valence-corrected chi connectivity index (χ4v) is 11.2. The molecule has 0 amide bonds. The summed E-state index contributed by atoms with van der Waals surface area (Å²) in [5, 5.41) is 17.6. The molecule has 1 spiro atoms. The predicted molar refractivity (Wildman–Crippen MR) is 202 cm³/mol. The molecule has 5 saturated heterocycles. The lowest BCUT2D eigenvalue weighted by Gasteiger charge is -2.58. The van der Waals surface area contributed by atoms with Crippen molar-refractivity contribution in [3.05, 3.63) is 47.7 Å². The number of phenolic OH excluding ortho intramolecular Hbond substituents is 1. The highest BCUT2D eigenvalue weighted by atomic mass is 19.1. The van der Waals surface area contributed by atoms with Crippen LogP contribution < -0.4 is 9.64 Å². The zero-order chi connectivity index (χ0) is 37.4. The van der Waals surface area contributed by atoms with E-state index in [1.807, 2.05) is 6.20 Å². The smallest absolute Gasteiger partial charge is 0.319 e. The Balaban J connectivity index is 1.09. The number of aromatic nitrogens is 4. The van der Waals surface area contributed by atoms with Crippen LogP contribution >= 0.6 is 0 Å². The van der Waals surface area contributed by atoms with Gasteiger partial charge in [-0.3, -0.25) is 14.5 Å². The minimum absolute atomic E-state index is 0.0306. The molecule has 5 aliphatic heterocycles. The molecular formula is C42H42F3N7O3. The summed E-state index contributed by atoms with van der Waals surface area (Å²) < 4.78 is 61.6. The molecule has 0 unspecified atom stereocenters. The SMILES string of the molecule is C#Cc1c(F)ccc2cc(O)cc(-c3c(F)c4nc(OC[C@@]56CCCN5C[C@H](F)C6)nc(N5[C@@H]6CC[C@H]5CN(C5CC7(COC7)C5)C6)c4c4cn(C)nc34)c12. The zero-order valence-electron chi connectivity index (χ0n) is 30.7. The minimum Gasteiger partial charge on any atom is -0.508 e. The van der Waals surface area contributed by atoms with E-state index in [0.29, 0.717) is 57.3 Å². The van der Waals surface area contributed by atoms with E-state index in [2.05, 4.69) is 20.6 Å². The summed E-state index contributed by atoms with van der Waals surface area (Å²) in [6.45, 7) is 4.87. The first kappa shape index (κ1) is 33.7. The van der Waals surface area contributed by atoms with E-state index in [-0.39, 0.29) is 52.7 Å². The van der Waals surface area contributed by atoms with E-state index in [0.717, 1.165) is 58.5 Å². The Morgan fingerprint density at radius 3 is 2.56 bits per heavy atom. The van der Waals surface area contributed by atoms with Crippen LogP contribution in [-0.2, 0) is 11.8 Å². The largest absolute Gasteiger partial charge is 0.508 e. The summed E-state index contributed by atoms with van der Waals surface area (Å²) >= 11 is 0. The van der Waals surface area contributed by atoms with E-state index in [9.17, 15) is 9.50 Å². The van der Waals surface area contributed by atoms with Gasteiger partial charge in [0.1, 0.15) is 41.2 Å². The molecule has 6 aliphatic rings. The van der Waals surface area contributed by atoms with E-state index in [1.165, 1.54) is 37.1 Å². The van der Waals surface area contributed by atoms with Gasteiger partial charge in [-0.2, -0.15) is 15.1 Å². The van der Waals surface area contributed by atoms with E-state index >= 15 is 8.78 Å². The van der Waals surface area contributed by atoms with Crippen LogP contribution in [0.25, 0.3) is 43.7 Å². The van der Waals surface area contributed by atoms with Crippen molar-refractivity contribution >= 4 is 38.4 Å². The van der Waals surface area contributed by atoms with Crippen molar-refractivity contribution in [1.82, 2.24) is 29.5 Å². The Hall–Kier alpha value is -4.64. The fourth-order valence-electron chi connectivity index (χ4n) is 11.2. The molecule has 10 nitrogen and oxygen atoms in total. The number of hydrogen-bond donors (Lipinski definition) is 1. The third-order valence-corrected chi connectivity index (χ3v) is 13.8. The van der Waals surface area contributed by atoms with Gasteiger partial charge in [0, 0.05) is 79.2 Å². The number of terminal acetylenes is 1. The quantitative estimate of drug-likeness (QED) is 0.207. The number of alkyl halides is 1. The number of fused-ring (bicyclic) bond motifs is 7. The molecule has 1 aliphatic carbocycles. The summed E-state index contributed by atoms with van der Waals surface area (Å²) in [6, 6.07) is 6.52. The number of anilines is 1. The molecule has 55 heavy (non-hydrogen) atoms. The third kappa shape index (κ3) is 4.96. The summed E-state index contributed by atoms with van der Waals surface area (Å²) in [5.74, 6) is 1.59. The summed E-state index contributed by atoms with van der Waals surface area (Å²) in [7, 11) is 1.77. The first-order valence-electron chi connectivity index (χ1n) is 19.5. The fraction of sp³-hybridized carbons (Fsp3) is 0.500. The van der Waals surface area contributed by atoms with Gasteiger partial charge in [-0.15, -0.1) is 6.42 Å². The molecule has 2 bridgehead atoms. The van der Waals surface area contributed by atoms with Gasteiger partial charge < -0.3 is 19.5 Å². The lowest BCUT2D eigenvalue weighted by Crippen LogP contribution is -2.64. The van der Waals surface area contributed by atoms with Crippen LogP contribution in [0.3, 0.4) is 0 Å². The molecule has 11 rings (SSSR count). The minimum atomic E-state index is -0.931. The number of ether oxygens (including phenoxy) is 2. The molecule has 1 saturated carbocycles. The van der Waals surface area contributed by atoms with Crippen LogP contribution in [0.1, 0.15) is 50.5 Å². The normalized spacial score (nSPS) is 27.6. The van der Waals surface area contributed by atoms with Crippen LogP contribution in [-0.4, -0.2) is 110 Å². The number of rotatable bonds is 6. The van der Waals surface area contributed by atoms with Gasteiger partial charge in [0.25, 0.3) is 0 Å². The highest BCUT2D eigenvalue weighted by Gasteiger charge is 2.54. The van der Waals surface area contributed by atoms with Crippen LogP contribution in [0.5, 0.6) is 11.8 Å². The van der Waals surface area contributed by atoms with Crippen molar-refractivity contribution in [2.24, 2.45) is 12.5 Å². The van der Waals surface area contributed by atoms with Crippen molar-refractivity contribution in [3.8, 4) is 35.2 Å². The topological polar surface area (TPSA) is 92.0 Å². The van der Waals surface area contributed by atoms with Gasteiger partial charge in [-0.1, -0.05) is 12.0 Å². The number of aryl methyl sites for hydroxylation is 1. The maximum Gasteiger partial charge on any atom is 0.319 e. The predicted octanol–water partition coefficient (Wildman–Crippen LogP) is 6.09. The summed E-state index contributed by atoms with van der Waals surface area (Å²) in [6.07, 6.45) is 13.2. The number of piperazine rings is 1. The van der Waals surface area contributed by atoms with E-state index < -0.39 is 23.3 Å². The van der Waals surface area contributed by atoms with Crippen molar-refractivity contribution in [2.75, 3.05) is 50.9 Å². The Morgan fingerprint density at radius 1 is 1.02 bits per heavy atom. The number of phenols is 1. The van der Waals surface area contributed by atoms with Crippen LogP contribution in [0.4, 0.5) is 19.0 Å². The first-order valence-corrected chi connectivity index (χ1v) is 19.5. The highest BCUT2D eigenvalue weighted by Crippen LogP contribution is 2.52. The van der Waals surface area contributed by atoms with Gasteiger partial charge in [0.2, 0.25) is 0 Å². The van der Waals surface area contributed by atoms with Crippen LogP contribution in [0.2, 0.25) is 0 Å². The van der Waals surface area contributed by atoms with Gasteiger partial charge >= 0.3 is 6.01 Å². The Morgan fingerprint density at radius 2 is 1.82 bits per heavy atom. The molecule has 284 valence electrons. The second-order valence-corrected chi connectivity index (χ2v) is 17.1. The summed E-state index contributed by atoms with van der Waals surface area (Å²) in [5.41, 5.74) is 0.473. The molecule has 0 radical (unpaired) electrons. The highest BCUT2D eigenvalue weighted by molar-refractivity contribution is 6.18. The second kappa shape index (κ2) is 11.9. The number of halogens is 3. The van der Waals surface area contributed by atoms with E-state index in [4.69, 9.17) is 31.0 Å². The van der Waals surface area contributed by atoms with Gasteiger partial charge in [0.05, 0.1) is 29.7 Å². The number of hydrogen-bond acceptors (Lipinski definition) is 9. The third-order valence-electron chi connectivity index (χ3n) is 13.8. The van der Waals surface area contributed by atoms with Crippen LogP contribution in [0.15, 0.2) is 30.5 Å². The lowest BCUT2D eigenvalue weighted by atomic mass is 9.63. The molecule has 1 N–H and O–H groups in total. The molecule has 7 heterocycles. The van der Waals surface area contributed by atoms with Crippen molar-refractivity contribution in [3.63, 3.8) is 0 Å². The Kier molecular flexibility index (Phi) is 7.31. The molecule has 5 aromatic rings. The monoisotopic (exact) mass is 749 g/mol. The Bertz CT molecular complexity index is 2460. The number of likely N-dealkylation sites (tertiary alicyclic amines) is 1. The van der Waals surface area contributed by atoms with Gasteiger partial charge in [0.15, 0.2) is 5.82 Å². The van der Waals surface area contributed by atoms with Gasteiger partial charge in [-0.25, -0.2) is 13.2 Å². The number of aromatic hydroxyl groups is 1. The van der Waals surface area contributed by atoms with Crippen molar-refractivity contribution < 1.29 is 27.8 Å². The first-order chi connectivity index (χ1) is 26.6. The van der Waals surface area contributed by atoms with Gasteiger partial charge in [-0.05, 0) is 74.2 Å². The second-order valence-electron chi connectivity index (χ2n) is 17.1. The standard InChI is InChI=1S/C42H42F3N7O3/c1-3-29-32(44)8-5-23-11-28(53)12-30(33(23)29)34-36(45)38-35(31-19-49(2)48-37(31)34)39(47-40(46-38)55-22-42-9-4-10-51(42)16-24(43)13-42)52-25-6-7-26(52)18-50(17-25)27-14-41(15-27)20-54-21-41/h1,5,8,11-12,19,24-27,53H,4,6-7,9-10,13-18,20-22H2,2H3/t24-,25-,26+,42+/m1/s1. The average Bonchev–Trinajstić information content (AvgIpc) is 3.85. The van der Waals surface area contributed by atoms with Crippen molar-refractivity contribution in [2.45, 2.75) is 74.8 Å². The molecule has 6 fully saturated rings. The molecule has 2 aromatic heterocycles. The molecule has 3 aromatic carbocycles. The number of nitrogens with zero attached hydrogens (tertiary/aromatic N) is 7. The van der Waals surface area contributed by atoms with Crippen LogP contribution in [0, 0.1) is 29.4 Å². The Labute approximate surface area is 316 Å². The number of benzene rings is 3. The zero-order valence-corrected chi connectivity index (χ0v) is 30.7. The molecule has 13 heteroatoms. The maximum absolute atomic E-state index is 17.8. The lowest BCUT2D eigenvalue weighted by molar-refractivity contribution is -0.185.